The van der Waals surface area contributed by atoms with Crippen LogP contribution in [0.3, 0.4) is 0 Å². The number of piperazine rings is 1. The van der Waals surface area contributed by atoms with Crippen molar-refractivity contribution in [2.45, 2.75) is 11.3 Å². The summed E-state index contributed by atoms with van der Waals surface area (Å²) in [6, 6.07) is 14.7. The molecule has 5 nitrogen and oxygen atoms in total. The lowest BCUT2D eigenvalue weighted by molar-refractivity contribution is 0.313. The average molecular weight is 394 g/mol. The van der Waals surface area contributed by atoms with E-state index >= 15 is 0 Å². The largest absolute Gasteiger partial charge is 0.369 e. The maximum atomic E-state index is 12.3. The number of likely N-dealkylation sites (N-methyl/N-ethyl adjacent to an activating group) is 1. The molecule has 0 atom stereocenters. The Kier molecular flexibility index (Phi) is 6.19. The molecular formula is C19H24ClN3O2S. The standard InChI is InChI=1S/C19H24ClN3O2S/c1-22-11-13-23(14-12-22)18-7-5-16(6-8-18)9-10-21-26(24,25)19-4-2-3-17(20)15-19/h2-8,15,21H,9-14H2,1H3. The van der Waals surface area contributed by atoms with Crippen LogP contribution in [0.25, 0.3) is 0 Å². The molecule has 1 fully saturated rings. The number of benzene rings is 2. The lowest BCUT2D eigenvalue weighted by Gasteiger charge is -2.34. The van der Waals surface area contributed by atoms with Crippen LogP contribution in [0.4, 0.5) is 5.69 Å². The van der Waals surface area contributed by atoms with Crippen LogP contribution in [-0.2, 0) is 16.4 Å². The van der Waals surface area contributed by atoms with E-state index in [9.17, 15) is 8.42 Å². The summed E-state index contributed by atoms with van der Waals surface area (Å²) in [5, 5.41) is 0.410. The summed E-state index contributed by atoms with van der Waals surface area (Å²) in [6.07, 6.45) is 0.642. The average Bonchev–Trinajstić information content (AvgIpc) is 2.63. The van der Waals surface area contributed by atoms with Crippen LogP contribution in [0.1, 0.15) is 5.56 Å². The molecule has 0 spiro atoms. The maximum absolute atomic E-state index is 12.3. The smallest absolute Gasteiger partial charge is 0.240 e. The number of hydrogen-bond donors (Lipinski definition) is 1. The molecule has 26 heavy (non-hydrogen) atoms. The fraction of sp³-hybridized carbons (Fsp3) is 0.368. The van der Waals surface area contributed by atoms with E-state index in [4.69, 9.17) is 11.6 Å². The van der Waals surface area contributed by atoms with Crippen molar-refractivity contribution < 1.29 is 8.42 Å². The molecule has 140 valence electrons. The molecular weight excluding hydrogens is 370 g/mol. The Morgan fingerprint density at radius 2 is 1.73 bits per heavy atom. The summed E-state index contributed by atoms with van der Waals surface area (Å²) < 4.78 is 27.2. The molecule has 7 heteroatoms. The summed E-state index contributed by atoms with van der Waals surface area (Å²) in [5.74, 6) is 0. The van der Waals surface area contributed by atoms with E-state index in [1.54, 1.807) is 18.2 Å². The number of nitrogens with zero attached hydrogens (tertiary/aromatic N) is 2. The highest BCUT2D eigenvalue weighted by Gasteiger charge is 2.15. The molecule has 2 aromatic rings. The van der Waals surface area contributed by atoms with Gasteiger partial charge in [0.15, 0.2) is 0 Å². The van der Waals surface area contributed by atoms with Gasteiger partial charge in [-0.15, -0.1) is 0 Å². The lowest BCUT2D eigenvalue weighted by Crippen LogP contribution is -2.44. The molecule has 1 aliphatic heterocycles. The van der Waals surface area contributed by atoms with E-state index in [0.29, 0.717) is 18.0 Å². The molecule has 0 unspecified atom stereocenters. The summed E-state index contributed by atoms with van der Waals surface area (Å²) in [4.78, 5) is 4.90. The molecule has 0 aliphatic carbocycles. The summed E-state index contributed by atoms with van der Waals surface area (Å²) in [6.45, 7) is 4.58. The van der Waals surface area contributed by atoms with Gasteiger partial charge in [-0.05, 0) is 49.4 Å². The van der Waals surface area contributed by atoms with Gasteiger partial charge in [0.25, 0.3) is 0 Å². The summed E-state index contributed by atoms with van der Waals surface area (Å²) in [5.41, 5.74) is 2.33. The van der Waals surface area contributed by atoms with Crippen molar-refractivity contribution in [1.82, 2.24) is 9.62 Å². The Bertz CT molecular complexity index is 832. The van der Waals surface area contributed by atoms with Gasteiger partial charge in [0, 0.05) is 43.4 Å². The van der Waals surface area contributed by atoms with Crippen LogP contribution >= 0.6 is 11.6 Å². The zero-order valence-electron chi connectivity index (χ0n) is 14.9. The van der Waals surface area contributed by atoms with Gasteiger partial charge >= 0.3 is 0 Å². The number of nitrogens with one attached hydrogen (secondary N) is 1. The number of halogens is 1. The number of sulfonamides is 1. The van der Waals surface area contributed by atoms with Gasteiger partial charge < -0.3 is 9.80 Å². The molecule has 0 aromatic heterocycles. The first-order valence-electron chi connectivity index (χ1n) is 8.72. The van der Waals surface area contributed by atoms with Gasteiger partial charge in [-0.2, -0.15) is 0 Å². The van der Waals surface area contributed by atoms with Crippen LogP contribution in [0.2, 0.25) is 5.02 Å². The number of hydrogen-bond acceptors (Lipinski definition) is 4. The van der Waals surface area contributed by atoms with E-state index < -0.39 is 10.0 Å². The van der Waals surface area contributed by atoms with Gasteiger partial charge in [-0.1, -0.05) is 29.8 Å². The second-order valence-electron chi connectivity index (χ2n) is 6.56. The summed E-state index contributed by atoms with van der Waals surface area (Å²) >= 11 is 5.87. The lowest BCUT2D eigenvalue weighted by atomic mass is 10.1. The zero-order valence-corrected chi connectivity index (χ0v) is 16.4. The maximum Gasteiger partial charge on any atom is 0.240 e. The van der Waals surface area contributed by atoms with E-state index in [-0.39, 0.29) is 4.90 Å². The van der Waals surface area contributed by atoms with Crippen LogP contribution < -0.4 is 9.62 Å². The van der Waals surface area contributed by atoms with Gasteiger partial charge in [-0.3, -0.25) is 0 Å². The minimum Gasteiger partial charge on any atom is -0.369 e. The van der Waals surface area contributed by atoms with Crippen molar-refractivity contribution in [1.29, 1.82) is 0 Å². The second kappa shape index (κ2) is 8.39. The van der Waals surface area contributed by atoms with Crippen LogP contribution in [0.15, 0.2) is 53.4 Å². The molecule has 1 N–H and O–H groups in total. The first-order valence-corrected chi connectivity index (χ1v) is 10.6. The van der Waals surface area contributed by atoms with Crippen molar-refractivity contribution in [3.8, 4) is 0 Å². The third-order valence-electron chi connectivity index (χ3n) is 4.62. The van der Waals surface area contributed by atoms with Gasteiger partial charge in [0.1, 0.15) is 0 Å². The Labute approximate surface area is 160 Å². The first kappa shape index (κ1) is 19.2. The number of rotatable bonds is 6. The molecule has 0 saturated carbocycles. The van der Waals surface area contributed by atoms with Crippen LogP contribution in [0, 0.1) is 0 Å². The minimum atomic E-state index is -3.53. The fourth-order valence-corrected chi connectivity index (χ4v) is 4.32. The van der Waals surface area contributed by atoms with Gasteiger partial charge in [0.2, 0.25) is 10.0 Å². The predicted molar refractivity (Wildman–Crippen MR) is 106 cm³/mol. The molecule has 3 rings (SSSR count). The monoisotopic (exact) mass is 393 g/mol. The minimum absolute atomic E-state index is 0.190. The molecule has 1 saturated heterocycles. The van der Waals surface area contributed by atoms with Crippen LogP contribution in [0.5, 0.6) is 0 Å². The van der Waals surface area contributed by atoms with E-state index in [0.717, 1.165) is 31.7 Å². The van der Waals surface area contributed by atoms with Crippen molar-refractivity contribution in [2.75, 3.05) is 44.7 Å². The highest BCUT2D eigenvalue weighted by molar-refractivity contribution is 7.89. The molecule has 0 amide bonds. The van der Waals surface area contributed by atoms with E-state index in [2.05, 4.69) is 45.8 Å². The van der Waals surface area contributed by atoms with E-state index in [1.807, 2.05) is 0 Å². The highest BCUT2D eigenvalue weighted by Crippen LogP contribution is 2.18. The fourth-order valence-electron chi connectivity index (χ4n) is 2.99. The van der Waals surface area contributed by atoms with E-state index in [1.165, 1.54) is 11.8 Å². The Morgan fingerprint density at radius 1 is 1.04 bits per heavy atom. The third kappa shape index (κ3) is 4.98. The topological polar surface area (TPSA) is 52.6 Å². The van der Waals surface area contributed by atoms with Crippen molar-refractivity contribution >= 4 is 27.3 Å². The Balaban J connectivity index is 1.53. The van der Waals surface area contributed by atoms with Crippen molar-refractivity contribution in [3.05, 3.63) is 59.1 Å². The molecule has 1 aliphatic rings. The van der Waals surface area contributed by atoms with Crippen molar-refractivity contribution in [2.24, 2.45) is 0 Å². The SMILES string of the molecule is CN1CCN(c2ccc(CCNS(=O)(=O)c3cccc(Cl)c3)cc2)CC1. The predicted octanol–water partition coefficient (Wildman–Crippen LogP) is 2.61. The molecule has 2 aromatic carbocycles. The molecule has 1 heterocycles. The number of anilines is 1. The Morgan fingerprint density at radius 3 is 2.38 bits per heavy atom. The quantitative estimate of drug-likeness (QED) is 0.819. The second-order valence-corrected chi connectivity index (χ2v) is 8.77. The highest BCUT2D eigenvalue weighted by atomic mass is 35.5. The van der Waals surface area contributed by atoms with Gasteiger partial charge in [-0.25, -0.2) is 13.1 Å². The van der Waals surface area contributed by atoms with Crippen molar-refractivity contribution in [3.63, 3.8) is 0 Å². The molecule has 0 bridgehead atoms. The molecule has 0 radical (unpaired) electrons. The van der Waals surface area contributed by atoms with Gasteiger partial charge in [0.05, 0.1) is 4.90 Å². The summed E-state index contributed by atoms with van der Waals surface area (Å²) in [7, 11) is -1.39. The normalized spacial score (nSPS) is 16.0. The third-order valence-corrected chi connectivity index (χ3v) is 6.31. The van der Waals surface area contributed by atoms with Crippen LogP contribution in [-0.4, -0.2) is 53.1 Å². The zero-order chi connectivity index (χ0) is 18.6. The Hall–Kier alpha value is -1.60. The first-order chi connectivity index (χ1) is 12.4.